The minimum absolute atomic E-state index is 0.494. The van der Waals surface area contributed by atoms with Crippen molar-refractivity contribution in [3.63, 3.8) is 0 Å². The molecule has 0 bridgehead atoms. The molecule has 1 N–H and O–H groups in total. The van der Waals surface area contributed by atoms with Gasteiger partial charge in [-0.05, 0) is 25.3 Å². The highest BCUT2D eigenvalue weighted by molar-refractivity contribution is 4.87. The summed E-state index contributed by atoms with van der Waals surface area (Å²) < 4.78 is 5.27. The Morgan fingerprint density at radius 2 is 2.21 bits per heavy atom. The third-order valence-corrected chi connectivity index (χ3v) is 3.64. The van der Waals surface area contributed by atoms with Crippen LogP contribution in [0.1, 0.15) is 19.8 Å². The predicted octanol–water partition coefficient (Wildman–Crippen LogP) is 0.705. The Kier molecular flexibility index (Phi) is 3.42. The Morgan fingerprint density at radius 3 is 2.86 bits per heavy atom. The summed E-state index contributed by atoms with van der Waals surface area (Å²) in [5.74, 6) is 0.838. The van der Waals surface area contributed by atoms with Crippen LogP contribution >= 0.6 is 0 Å². The summed E-state index contributed by atoms with van der Waals surface area (Å²) in [7, 11) is 1.81. The minimum Gasteiger partial charge on any atom is -0.379 e. The Labute approximate surface area is 86.8 Å². The lowest BCUT2D eigenvalue weighted by Crippen LogP contribution is -2.57. The third-order valence-electron chi connectivity index (χ3n) is 3.64. The zero-order chi connectivity index (χ0) is 9.97. The van der Waals surface area contributed by atoms with Crippen LogP contribution in [0, 0.1) is 5.92 Å². The molecule has 0 amide bonds. The van der Waals surface area contributed by atoms with Crippen LogP contribution in [0.2, 0.25) is 0 Å². The van der Waals surface area contributed by atoms with Crippen molar-refractivity contribution in [1.82, 2.24) is 10.2 Å². The maximum atomic E-state index is 5.27. The van der Waals surface area contributed by atoms with Gasteiger partial charge in [0.25, 0.3) is 0 Å². The first-order chi connectivity index (χ1) is 6.79. The van der Waals surface area contributed by atoms with Crippen molar-refractivity contribution >= 4 is 0 Å². The van der Waals surface area contributed by atoms with Crippen molar-refractivity contribution < 1.29 is 4.74 Å². The van der Waals surface area contributed by atoms with Crippen molar-refractivity contribution in [2.75, 3.05) is 33.3 Å². The van der Waals surface area contributed by atoms with Crippen molar-refractivity contribution in [2.24, 2.45) is 5.92 Å². The van der Waals surface area contributed by atoms with Gasteiger partial charge in [0.1, 0.15) is 0 Å². The molecule has 0 aromatic carbocycles. The second kappa shape index (κ2) is 4.60. The molecule has 0 aromatic heterocycles. The van der Waals surface area contributed by atoms with E-state index in [1.165, 1.54) is 25.9 Å². The highest BCUT2D eigenvalue weighted by Gasteiger charge is 2.30. The first kappa shape index (κ1) is 10.4. The molecule has 2 atom stereocenters. The van der Waals surface area contributed by atoms with Crippen LogP contribution in [-0.2, 0) is 4.74 Å². The summed E-state index contributed by atoms with van der Waals surface area (Å²) in [5.41, 5.74) is 0. The number of likely N-dealkylation sites (tertiary alicyclic amines) is 1. The van der Waals surface area contributed by atoms with Gasteiger partial charge in [-0.15, -0.1) is 0 Å². The van der Waals surface area contributed by atoms with Crippen molar-refractivity contribution in [3.05, 3.63) is 0 Å². The number of ether oxygens (including phenoxy) is 1. The first-order valence-electron chi connectivity index (χ1n) is 5.78. The minimum atomic E-state index is 0.494. The fourth-order valence-corrected chi connectivity index (χ4v) is 2.46. The van der Waals surface area contributed by atoms with Gasteiger partial charge < -0.3 is 10.1 Å². The molecular formula is C11H22N2O. The van der Waals surface area contributed by atoms with E-state index < -0.39 is 0 Å². The van der Waals surface area contributed by atoms with Crippen molar-refractivity contribution in [3.8, 4) is 0 Å². The number of hydrogen-bond donors (Lipinski definition) is 1. The highest BCUT2D eigenvalue weighted by Crippen LogP contribution is 2.19. The molecule has 2 fully saturated rings. The van der Waals surface area contributed by atoms with Crippen molar-refractivity contribution in [1.29, 1.82) is 0 Å². The number of rotatable bonds is 3. The normalized spacial score (nSPS) is 35.6. The molecule has 0 saturated carbocycles. The van der Waals surface area contributed by atoms with Gasteiger partial charge in [0.2, 0.25) is 0 Å². The van der Waals surface area contributed by atoms with Crippen molar-refractivity contribution in [2.45, 2.75) is 31.9 Å². The molecule has 2 saturated heterocycles. The van der Waals surface area contributed by atoms with Gasteiger partial charge in [0, 0.05) is 32.8 Å². The fourth-order valence-electron chi connectivity index (χ4n) is 2.46. The summed E-state index contributed by atoms with van der Waals surface area (Å²) in [5, 5.41) is 3.62. The molecule has 2 heterocycles. The average Bonchev–Trinajstić information content (AvgIpc) is 2.13. The van der Waals surface area contributed by atoms with Gasteiger partial charge in [-0.25, -0.2) is 0 Å². The molecule has 0 aromatic rings. The molecule has 0 aliphatic carbocycles. The van der Waals surface area contributed by atoms with Gasteiger partial charge in [-0.3, -0.25) is 4.90 Å². The lowest BCUT2D eigenvalue weighted by molar-refractivity contribution is -0.0364. The number of piperidine rings is 1. The Hall–Kier alpha value is -0.120. The molecule has 2 rings (SSSR count). The van der Waals surface area contributed by atoms with Gasteiger partial charge in [-0.1, -0.05) is 6.92 Å². The zero-order valence-corrected chi connectivity index (χ0v) is 9.33. The first-order valence-corrected chi connectivity index (χ1v) is 5.78. The smallest absolute Gasteiger partial charge is 0.0824 e. The van der Waals surface area contributed by atoms with E-state index in [1.54, 1.807) is 0 Å². The van der Waals surface area contributed by atoms with Crippen LogP contribution in [0.25, 0.3) is 0 Å². The quantitative estimate of drug-likeness (QED) is 0.722. The van der Waals surface area contributed by atoms with Crippen LogP contribution in [0.5, 0.6) is 0 Å². The van der Waals surface area contributed by atoms with Gasteiger partial charge in [0.15, 0.2) is 0 Å². The largest absolute Gasteiger partial charge is 0.379 e. The molecule has 2 aliphatic rings. The number of nitrogens with one attached hydrogen (secondary N) is 1. The molecule has 2 aliphatic heterocycles. The second-order valence-corrected chi connectivity index (χ2v) is 4.76. The van der Waals surface area contributed by atoms with E-state index in [2.05, 4.69) is 17.1 Å². The van der Waals surface area contributed by atoms with E-state index >= 15 is 0 Å². The SMILES string of the molecule is COC1CN(CC2NCCCC2C)C1. The number of hydrogen-bond acceptors (Lipinski definition) is 3. The lowest BCUT2D eigenvalue weighted by atomic mass is 9.91. The van der Waals surface area contributed by atoms with E-state index in [1.807, 2.05) is 7.11 Å². The summed E-state index contributed by atoms with van der Waals surface area (Å²) in [6.07, 6.45) is 3.23. The molecule has 3 heteroatoms. The maximum absolute atomic E-state index is 5.27. The van der Waals surface area contributed by atoms with E-state index in [0.29, 0.717) is 12.1 Å². The number of methoxy groups -OCH3 is 1. The predicted molar refractivity (Wildman–Crippen MR) is 57.4 cm³/mol. The summed E-state index contributed by atoms with van der Waals surface area (Å²) in [6, 6.07) is 0.710. The molecule has 2 unspecified atom stereocenters. The lowest BCUT2D eigenvalue weighted by Gasteiger charge is -2.42. The van der Waals surface area contributed by atoms with Crippen LogP contribution in [-0.4, -0.2) is 50.3 Å². The molecule has 82 valence electrons. The Balaban J connectivity index is 1.69. The van der Waals surface area contributed by atoms with Crippen LogP contribution in [0.4, 0.5) is 0 Å². The van der Waals surface area contributed by atoms with Gasteiger partial charge in [-0.2, -0.15) is 0 Å². The maximum Gasteiger partial charge on any atom is 0.0824 e. The number of nitrogens with zero attached hydrogens (tertiary/aromatic N) is 1. The van der Waals surface area contributed by atoms with E-state index in [4.69, 9.17) is 4.74 Å². The van der Waals surface area contributed by atoms with E-state index in [9.17, 15) is 0 Å². The average molecular weight is 198 g/mol. The molecule has 0 spiro atoms. The highest BCUT2D eigenvalue weighted by atomic mass is 16.5. The second-order valence-electron chi connectivity index (χ2n) is 4.76. The van der Waals surface area contributed by atoms with Gasteiger partial charge >= 0.3 is 0 Å². The van der Waals surface area contributed by atoms with E-state index in [-0.39, 0.29) is 0 Å². The molecule has 0 radical (unpaired) electrons. The van der Waals surface area contributed by atoms with E-state index in [0.717, 1.165) is 19.0 Å². The fraction of sp³-hybridized carbons (Fsp3) is 1.00. The Bertz CT molecular complexity index is 180. The van der Waals surface area contributed by atoms with Crippen LogP contribution < -0.4 is 5.32 Å². The standard InChI is InChI=1S/C11H22N2O/c1-9-4-3-5-12-11(9)8-13-6-10(7-13)14-2/h9-12H,3-8H2,1-2H3. The molecule has 14 heavy (non-hydrogen) atoms. The zero-order valence-electron chi connectivity index (χ0n) is 9.33. The topological polar surface area (TPSA) is 24.5 Å². The van der Waals surface area contributed by atoms with Crippen LogP contribution in [0.3, 0.4) is 0 Å². The van der Waals surface area contributed by atoms with Crippen LogP contribution in [0.15, 0.2) is 0 Å². The monoisotopic (exact) mass is 198 g/mol. The summed E-state index contributed by atoms with van der Waals surface area (Å²) in [4.78, 5) is 2.49. The van der Waals surface area contributed by atoms with Gasteiger partial charge in [0.05, 0.1) is 6.10 Å². The summed E-state index contributed by atoms with van der Waals surface area (Å²) in [6.45, 7) is 7.03. The molecule has 3 nitrogen and oxygen atoms in total. The third kappa shape index (κ3) is 2.27. The summed E-state index contributed by atoms with van der Waals surface area (Å²) >= 11 is 0. The Morgan fingerprint density at radius 1 is 1.43 bits per heavy atom. The molecular weight excluding hydrogens is 176 g/mol.